The molecule has 13 heteroatoms. The second-order valence-corrected chi connectivity index (χ2v) is 6.70. The van der Waals surface area contributed by atoms with E-state index in [1.165, 1.54) is 17.2 Å². The van der Waals surface area contributed by atoms with Gasteiger partial charge in [-0.25, -0.2) is 28.5 Å². The Hall–Kier alpha value is -1.90. The number of aromatic nitrogens is 4. The molecule has 0 radical (unpaired) electrons. The van der Waals surface area contributed by atoms with Crippen molar-refractivity contribution < 1.29 is 28.5 Å². The number of nitrogen functional groups attached to an aromatic ring is 1. The maximum atomic E-state index is 11.2. The Morgan fingerprint density at radius 1 is 1.26 bits per heavy atom. The maximum absolute atomic E-state index is 11.2. The first-order valence-corrected chi connectivity index (χ1v) is 7.97. The highest BCUT2D eigenvalue weighted by Gasteiger charge is 2.50. The number of fused-ring (bicyclic) bond motifs is 1. The summed E-state index contributed by atoms with van der Waals surface area (Å²) in [5, 5.41) is 34.5. The molecule has 5 atom stereocenters. The third kappa shape index (κ3) is 2.52. The quantitative estimate of drug-likeness (QED) is 0.373. The Bertz CT molecular complexity index is 839. The summed E-state index contributed by atoms with van der Waals surface area (Å²) in [4.78, 5) is 11.7. The van der Waals surface area contributed by atoms with Crippen LogP contribution in [0.3, 0.4) is 0 Å². The van der Waals surface area contributed by atoms with Crippen LogP contribution in [-0.2, 0) is 14.8 Å². The predicted molar refractivity (Wildman–Crippen MR) is 74.8 cm³/mol. The van der Waals surface area contributed by atoms with E-state index in [0.29, 0.717) is 0 Å². The molecular formula is C10H14N6O6S. The van der Waals surface area contributed by atoms with Gasteiger partial charge >= 0.3 is 0 Å². The van der Waals surface area contributed by atoms with Gasteiger partial charge in [-0.2, -0.15) is 0 Å². The lowest BCUT2D eigenvalue weighted by Gasteiger charge is -2.18. The normalized spacial score (nSPS) is 29.9. The Morgan fingerprint density at radius 2 is 1.96 bits per heavy atom. The fraction of sp³-hybridized carbons (Fsp3) is 0.500. The molecule has 1 fully saturated rings. The van der Waals surface area contributed by atoms with E-state index < -0.39 is 40.0 Å². The summed E-state index contributed by atoms with van der Waals surface area (Å²) in [6.07, 6.45) is -3.71. The van der Waals surface area contributed by atoms with Crippen LogP contribution >= 0.6 is 0 Å². The first-order valence-electron chi connectivity index (χ1n) is 6.36. The number of aliphatic hydroxyl groups is 3. The number of nitrogens with two attached hydrogens (primary N) is 2. The van der Waals surface area contributed by atoms with Crippen molar-refractivity contribution in [2.75, 3.05) is 5.73 Å². The minimum atomic E-state index is -4.40. The van der Waals surface area contributed by atoms with E-state index in [1.807, 2.05) is 0 Å². The standard InChI is InChI=1S/C10H14N6O6S/c11-7-3-8(14-1-13-7)16(2-15-3)9-5(18)4(17)6(22-9)10(19)23(12,20)21/h1-2,4-6,9-10,17-19H,(H2,11,13,14)(H2,12,20,21)/t4-,5+,6-,9+,10?/m0/s1. The number of aliphatic hydroxyl groups excluding tert-OH is 3. The molecule has 0 bridgehead atoms. The van der Waals surface area contributed by atoms with E-state index in [4.69, 9.17) is 15.6 Å². The average Bonchev–Trinajstić information content (AvgIpc) is 3.02. The van der Waals surface area contributed by atoms with Gasteiger partial charge in [0.25, 0.3) is 0 Å². The van der Waals surface area contributed by atoms with Crippen LogP contribution in [-0.4, -0.2) is 67.0 Å². The topological polar surface area (TPSA) is 200 Å². The number of hydrogen-bond acceptors (Lipinski definition) is 10. The summed E-state index contributed by atoms with van der Waals surface area (Å²) in [5.74, 6) is 0.0999. The number of anilines is 1. The Labute approximate surface area is 129 Å². The minimum Gasteiger partial charge on any atom is -0.387 e. The van der Waals surface area contributed by atoms with Crippen LogP contribution in [0.4, 0.5) is 5.82 Å². The van der Waals surface area contributed by atoms with Crippen LogP contribution in [0.1, 0.15) is 6.23 Å². The van der Waals surface area contributed by atoms with Gasteiger partial charge in [-0.3, -0.25) is 4.57 Å². The summed E-state index contributed by atoms with van der Waals surface area (Å²) >= 11 is 0. The van der Waals surface area contributed by atoms with E-state index in [-0.39, 0.29) is 17.0 Å². The van der Waals surface area contributed by atoms with Crippen LogP contribution in [0, 0.1) is 0 Å². The van der Waals surface area contributed by atoms with Crippen molar-refractivity contribution in [1.82, 2.24) is 19.5 Å². The number of rotatable bonds is 3. The van der Waals surface area contributed by atoms with Crippen molar-refractivity contribution in [1.29, 1.82) is 0 Å². The molecule has 2 aromatic rings. The van der Waals surface area contributed by atoms with Gasteiger partial charge in [-0.05, 0) is 0 Å². The van der Waals surface area contributed by atoms with E-state index in [1.54, 1.807) is 0 Å². The third-order valence-electron chi connectivity index (χ3n) is 3.55. The van der Waals surface area contributed by atoms with Crippen molar-refractivity contribution in [3.63, 3.8) is 0 Å². The number of nitrogens with zero attached hydrogens (tertiary/aromatic N) is 4. The highest BCUT2D eigenvalue weighted by Crippen LogP contribution is 2.33. The molecule has 0 amide bonds. The predicted octanol–water partition coefficient (Wildman–Crippen LogP) is -3.37. The zero-order valence-electron chi connectivity index (χ0n) is 11.5. The lowest BCUT2D eigenvalue weighted by atomic mass is 10.1. The Morgan fingerprint density at radius 3 is 2.61 bits per heavy atom. The van der Waals surface area contributed by atoms with E-state index >= 15 is 0 Å². The van der Waals surface area contributed by atoms with Crippen LogP contribution in [0.5, 0.6) is 0 Å². The number of imidazole rings is 1. The molecule has 1 unspecified atom stereocenters. The van der Waals surface area contributed by atoms with Crippen molar-refractivity contribution in [2.45, 2.75) is 30.0 Å². The molecule has 3 heterocycles. The molecule has 2 aromatic heterocycles. The molecule has 0 spiro atoms. The van der Waals surface area contributed by atoms with Crippen molar-refractivity contribution in [3.05, 3.63) is 12.7 Å². The largest absolute Gasteiger partial charge is 0.387 e. The van der Waals surface area contributed by atoms with Gasteiger partial charge in [-0.15, -0.1) is 0 Å². The van der Waals surface area contributed by atoms with Crippen LogP contribution in [0.15, 0.2) is 12.7 Å². The maximum Gasteiger partial charge on any atom is 0.238 e. The molecule has 1 aliphatic rings. The van der Waals surface area contributed by atoms with Crippen LogP contribution in [0.2, 0.25) is 0 Å². The molecule has 0 aliphatic carbocycles. The van der Waals surface area contributed by atoms with Crippen LogP contribution < -0.4 is 10.9 Å². The van der Waals surface area contributed by atoms with Gasteiger partial charge in [0.15, 0.2) is 23.1 Å². The van der Waals surface area contributed by atoms with Gasteiger partial charge in [0, 0.05) is 0 Å². The minimum absolute atomic E-state index is 0.0999. The number of hydrogen-bond donors (Lipinski definition) is 5. The lowest BCUT2D eigenvalue weighted by molar-refractivity contribution is -0.0615. The molecular weight excluding hydrogens is 332 g/mol. The monoisotopic (exact) mass is 346 g/mol. The van der Waals surface area contributed by atoms with Crippen molar-refractivity contribution >= 4 is 27.0 Å². The van der Waals surface area contributed by atoms with E-state index in [0.717, 1.165) is 0 Å². The zero-order valence-corrected chi connectivity index (χ0v) is 12.3. The Balaban J connectivity index is 1.99. The molecule has 0 saturated carbocycles. The van der Waals surface area contributed by atoms with Gasteiger partial charge in [0.2, 0.25) is 10.0 Å². The second-order valence-electron chi connectivity index (χ2n) is 5.03. The fourth-order valence-electron chi connectivity index (χ4n) is 2.39. The van der Waals surface area contributed by atoms with Gasteiger partial charge in [0.05, 0.1) is 6.33 Å². The summed E-state index contributed by atoms with van der Waals surface area (Å²) in [6.45, 7) is 0. The molecule has 7 N–H and O–H groups in total. The smallest absolute Gasteiger partial charge is 0.238 e. The highest BCUT2D eigenvalue weighted by molar-refractivity contribution is 7.89. The van der Waals surface area contributed by atoms with Gasteiger partial charge in [0.1, 0.15) is 30.2 Å². The van der Waals surface area contributed by atoms with Gasteiger partial charge < -0.3 is 25.8 Å². The molecule has 0 aromatic carbocycles. The second kappa shape index (κ2) is 5.33. The molecule has 1 saturated heterocycles. The number of ether oxygens (including phenoxy) is 1. The lowest BCUT2D eigenvalue weighted by Crippen LogP contribution is -2.45. The van der Waals surface area contributed by atoms with Crippen molar-refractivity contribution in [3.8, 4) is 0 Å². The Kier molecular flexibility index (Phi) is 3.70. The molecule has 126 valence electrons. The summed E-state index contributed by atoms with van der Waals surface area (Å²) in [5.41, 5.74) is 3.90. The van der Waals surface area contributed by atoms with Crippen molar-refractivity contribution in [2.24, 2.45) is 5.14 Å². The number of sulfonamides is 1. The van der Waals surface area contributed by atoms with E-state index in [9.17, 15) is 23.7 Å². The summed E-state index contributed by atoms with van der Waals surface area (Å²) < 4.78 is 29.0. The molecule has 23 heavy (non-hydrogen) atoms. The highest BCUT2D eigenvalue weighted by atomic mass is 32.2. The van der Waals surface area contributed by atoms with Crippen LogP contribution in [0.25, 0.3) is 11.2 Å². The summed E-state index contributed by atoms with van der Waals surface area (Å²) in [6, 6.07) is 0. The zero-order chi connectivity index (χ0) is 16.9. The number of primary sulfonamides is 1. The van der Waals surface area contributed by atoms with Gasteiger partial charge in [-0.1, -0.05) is 0 Å². The summed E-state index contributed by atoms with van der Waals surface area (Å²) in [7, 11) is -4.40. The molecule has 3 rings (SSSR count). The molecule has 12 nitrogen and oxygen atoms in total. The first-order chi connectivity index (χ1) is 10.7. The SMILES string of the molecule is Nc1ncnc2c1ncn2[C@@H]1O[C@H](C(O)S(N)(=O)=O)[C@@H](O)[C@H]1O. The van der Waals surface area contributed by atoms with E-state index in [2.05, 4.69) is 15.0 Å². The first kappa shape index (κ1) is 16.0. The molecule has 1 aliphatic heterocycles. The fourth-order valence-corrected chi connectivity index (χ4v) is 2.99. The average molecular weight is 346 g/mol. The third-order valence-corrected chi connectivity index (χ3v) is 4.50.